The van der Waals surface area contributed by atoms with Crippen LogP contribution in [0.2, 0.25) is 0 Å². The van der Waals surface area contributed by atoms with E-state index in [2.05, 4.69) is 26.3 Å². The maximum Gasteiger partial charge on any atom is 0.410 e. The van der Waals surface area contributed by atoms with Gasteiger partial charge >= 0.3 is 6.09 Å². The maximum absolute atomic E-state index is 12.1. The number of fused-ring (bicyclic) bond motifs is 1. The summed E-state index contributed by atoms with van der Waals surface area (Å²) < 4.78 is 5.43. The Morgan fingerprint density at radius 3 is 2.76 bits per heavy atom. The molecule has 1 aliphatic rings. The van der Waals surface area contributed by atoms with Crippen LogP contribution in [0.1, 0.15) is 33.6 Å². The second-order valence-corrected chi connectivity index (χ2v) is 8.52. The summed E-state index contributed by atoms with van der Waals surface area (Å²) in [4.78, 5) is 26.0. The highest BCUT2D eigenvalue weighted by molar-refractivity contribution is 7.16. The Hall–Kier alpha value is -1.89. The number of amides is 1. The largest absolute Gasteiger partial charge is 0.444 e. The third kappa shape index (κ3) is 4.39. The average Bonchev–Trinajstić information content (AvgIpc) is 3.02. The lowest BCUT2D eigenvalue weighted by Gasteiger charge is -2.35. The van der Waals surface area contributed by atoms with Gasteiger partial charge in [0.25, 0.3) is 0 Å². The van der Waals surface area contributed by atoms with Gasteiger partial charge in [-0.15, -0.1) is 11.3 Å². The quantitative estimate of drug-likeness (QED) is 0.832. The summed E-state index contributed by atoms with van der Waals surface area (Å²) in [5, 5.41) is 3.20. The first-order chi connectivity index (χ1) is 11.8. The molecule has 1 saturated heterocycles. The van der Waals surface area contributed by atoms with Gasteiger partial charge in [0.05, 0.1) is 5.39 Å². The molecule has 3 heterocycles. The van der Waals surface area contributed by atoms with Crippen LogP contribution in [0, 0.1) is 5.92 Å². The fourth-order valence-corrected chi connectivity index (χ4v) is 3.89. The van der Waals surface area contributed by atoms with Gasteiger partial charge in [-0.2, -0.15) is 0 Å². The number of ether oxygens (including phenoxy) is 1. The summed E-state index contributed by atoms with van der Waals surface area (Å²) in [5.41, 5.74) is -0.451. The molecule has 0 atom stereocenters. The van der Waals surface area contributed by atoms with Crippen LogP contribution in [-0.2, 0) is 4.74 Å². The first-order valence-corrected chi connectivity index (χ1v) is 9.59. The third-order valence-electron chi connectivity index (χ3n) is 4.39. The number of anilines is 1. The molecule has 0 saturated carbocycles. The Balaban J connectivity index is 1.55. The number of piperidine rings is 1. The average molecular weight is 362 g/mol. The molecule has 0 N–H and O–H groups in total. The summed E-state index contributed by atoms with van der Waals surface area (Å²) in [6.07, 6.45) is 3.49. The van der Waals surface area contributed by atoms with Gasteiger partial charge in [-0.25, -0.2) is 14.8 Å². The minimum atomic E-state index is -0.451. The van der Waals surface area contributed by atoms with E-state index in [4.69, 9.17) is 4.74 Å². The number of carbonyl (C=O) groups is 1. The second-order valence-electron chi connectivity index (χ2n) is 7.63. The van der Waals surface area contributed by atoms with Gasteiger partial charge in [0.1, 0.15) is 22.6 Å². The van der Waals surface area contributed by atoms with Crippen molar-refractivity contribution in [2.75, 3.05) is 31.6 Å². The first kappa shape index (κ1) is 17.9. The van der Waals surface area contributed by atoms with Crippen LogP contribution in [0.4, 0.5) is 10.6 Å². The lowest BCUT2D eigenvalue weighted by molar-refractivity contribution is 0.0266. The van der Waals surface area contributed by atoms with Crippen LogP contribution in [0.5, 0.6) is 0 Å². The van der Waals surface area contributed by atoms with Gasteiger partial charge in [0.15, 0.2) is 0 Å². The lowest BCUT2D eigenvalue weighted by Crippen LogP contribution is -2.41. The van der Waals surface area contributed by atoms with E-state index in [0.29, 0.717) is 5.92 Å². The fraction of sp³-hybridized carbons (Fsp3) is 0.611. The summed E-state index contributed by atoms with van der Waals surface area (Å²) >= 11 is 1.65. The highest BCUT2D eigenvalue weighted by atomic mass is 32.1. The number of carbonyl (C=O) groups excluding carboxylic acids is 1. The molecule has 0 radical (unpaired) electrons. The molecular weight excluding hydrogens is 336 g/mol. The molecule has 7 heteroatoms. The van der Waals surface area contributed by atoms with E-state index in [1.165, 1.54) is 0 Å². The topological polar surface area (TPSA) is 58.6 Å². The van der Waals surface area contributed by atoms with Gasteiger partial charge in [-0.3, -0.25) is 0 Å². The number of aromatic nitrogens is 2. The van der Waals surface area contributed by atoms with Crippen molar-refractivity contribution < 1.29 is 9.53 Å². The van der Waals surface area contributed by atoms with Crippen LogP contribution in [0.15, 0.2) is 17.8 Å². The SMILES string of the molecule is CN(CC1CCN(c2ncnc3sccc23)CC1)C(=O)OC(C)(C)C. The molecule has 1 amide bonds. The molecule has 0 spiro atoms. The van der Waals surface area contributed by atoms with Crippen molar-refractivity contribution in [3.63, 3.8) is 0 Å². The van der Waals surface area contributed by atoms with Crippen LogP contribution >= 0.6 is 11.3 Å². The molecule has 3 rings (SSSR count). The molecular formula is C18H26N4O2S. The number of nitrogens with zero attached hydrogens (tertiary/aromatic N) is 4. The second kappa shape index (κ2) is 7.15. The highest BCUT2D eigenvalue weighted by Gasteiger charge is 2.26. The van der Waals surface area contributed by atoms with Gasteiger partial charge in [-0.1, -0.05) is 0 Å². The van der Waals surface area contributed by atoms with Gasteiger partial charge < -0.3 is 14.5 Å². The van der Waals surface area contributed by atoms with Crippen molar-refractivity contribution in [3.05, 3.63) is 17.8 Å². The summed E-state index contributed by atoms with van der Waals surface area (Å²) in [5.74, 6) is 1.53. The molecule has 0 aliphatic carbocycles. The molecule has 2 aromatic rings. The molecule has 0 unspecified atom stereocenters. The minimum Gasteiger partial charge on any atom is -0.444 e. The molecule has 6 nitrogen and oxygen atoms in total. The standard InChI is InChI=1S/C18H26N4O2S/c1-18(2,3)24-17(23)21(4)11-13-5-8-22(9-6-13)15-14-7-10-25-16(14)20-12-19-15/h7,10,12-13H,5-6,8-9,11H2,1-4H3. The molecule has 2 aromatic heterocycles. The molecule has 136 valence electrons. The van der Waals surface area contributed by atoms with E-state index in [0.717, 1.165) is 48.5 Å². The van der Waals surface area contributed by atoms with E-state index >= 15 is 0 Å². The van der Waals surface area contributed by atoms with Crippen molar-refractivity contribution in [3.8, 4) is 0 Å². The third-order valence-corrected chi connectivity index (χ3v) is 5.21. The van der Waals surface area contributed by atoms with E-state index in [-0.39, 0.29) is 6.09 Å². The van der Waals surface area contributed by atoms with Gasteiger partial charge in [0, 0.05) is 26.7 Å². The zero-order chi connectivity index (χ0) is 18.0. The zero-order valence-corrected chi connectivity index (χ0v) is 16.2. The van der Waals surface area contributed by atoms with Crippen LogP contribution in [-0.4, -0.2) is 53.2 Å². The summed E-state index contributed by atoms with van der Waals surface area (Å²) in [7, 11) is 1.82. The van der Waals surface area contributed by atoms with Crippen molar-refractivity contribution in [1.82, 2.24) is 14.9 Å². The molecule has 25 heavy (non-hydrogen) atoms. The summed E-state index contributed by atoms with van der Waals surface area (Å²) in [6.45, 7) is 8.32. The molecule has 0 aromatic carbocycles. The zero-order valence-electron chi connectivity index (χ0n) is 15.4. The van der Waals surface area contributed by atoms with Crippen LogP contribution in [0.25, 0.3) is 10.2 Å². The Morgan fingerprint density at radius 2 is 2.08 bits per heavy atom. The monoisotopic (exact) mass is 362 g/mol. The van der Waals surface area contributed by atoms with Crippen molar-refractivity contribution >= 4 is 33.5 Å². The van der Waals surface area contributed by atoms with Crippen molar-refractivity contribution in [1.29, 1.82) is 0 Å². The predicted molar refractivity (Wildman–Crippen MR) is 101 cm³/mol. The van der Waals surface area contributed by atoms with Crippen LogP contribution in [0.3, 0.4) is 0 Å². The van der Waals surface area contributed by atoms with E-state index in [1.807, 2.05) is 27.8 Å². The van der Waals surface area contributed by atoms with E-state index in [1.54, 1.807) is 22.6 Å². The molecule has 1 aliphatic heterocycles. The Labute approximate surface area is 152 Å². The predicted octanol–water partition coefficient (Wildman–Crippen LogP) is 3.77. The molecule has 0 bridgehead atoms. The smallest absolute Gasteiger partial charge is 0.410 e. The highest BCUT2D eigenvalue weighted by Crippen LogP contribution is 2.30. The van der Waals surface area contributed by atoms with E-state index < -0.39 is 5.60 Å². The van der Waals surface area contributed by atoms with Gasteiger partial charge in [0.2, 0.25) is 0 Å². The van der Waals surface area contributed by atoms with E-state index in [9.17, 15) is 4.79 Å². The Morgan fingerprint density at radius 1 is 1.36 bits per heavy atom. The van der Waals surface area contributed by atoms with Crippen molar-refractivity contribution in [2.24, 2.45) is 5.92 Å². The van der Waals surface area contributed by atoms with Crippen molar-refractivity contribution in [2.45, 2.75) is 39.2 Å². The Kier molecular flexibility index (Phi) is 5.13. The summed E-state index contributed by atoms with van der Waals surface area (Å²) in [6, 6.07) is 2.09. The fourth-order valence-electron chi connectivity index (χ4n) is 3.16. The first-order valence-electron chi connectivity index (χ1n) is 8.71. The maximum atomic E-state index is 12.1. The lowest BCUT2D eigenvalue weighted by atomic mass is 9.96. The molecule has 1 fully saturated rings. The number of hydrogen-bond donors (Lipinski definition) is 0. The Bertz CT molecular complexity index is 732. The normalized spacial score (nSPS) is 16.2. The minimum absolute atomic E-state index is 0.245. The number of hydrogen-bond acceptors (Lipinski definition) is 6. The van der Waals surface area contributed by atoms with Crippen LogP contribution < -0.4 is 4.90 Å². The number of rotatable bonds is 3. The van der Waals surface area contributed by atoms with Gasteiger partial charge in [-0.05, 0) is 51.0 Å². The number of thiophene rings is 1.